The normalized spacial score (nSPS) is 19.0. The molecule has 0 N–H and O–H groups in total. The van der Waals surface area contributed by atoms with Gasteiger partial charge in [-0.15, -0.1) is 0 Å². The third-order valence-electron chi connectivity index (χ3n) is 4.37. The molecule has 0 aromatic heterocycles. The van der Waals surface area contributed by atoms with Gasteiger partial charge in [-0.05, 0) is 47.9 Å². The Morgan fingerprint density at radius 3 is 2.33 bits per heavy atom. The van der Waals surface area contributed by atoms with Gasteiger partial charge in [-0.2, -0.15) is 0 Å². The Morgan fingerprint density at radius 1 is 0.917 bits per heavy atom. The van der Waals surface area contributed by atoms with Crippen LogP contribution in [0, 0.1) is 6.92 Å². The molecule has 4 rings (SSSR count). The summed E-state index contributed by atoms with van der Waals surface area (Å²) >= 11 is 1.83. The SMILES string of the molecule is Cc1cc2ccccc2cc1C1=NC(=Cc2ccccc2)SC1C. The van der Waals surface area contributed by atoms with Crippen molar-refractivity contribution in [3.8, 4) is 0 Å². The number of fused-ring (bicyclic) bond motifs is 1. The van der Waals surface area contributed by atoms with Gasteiger partial charge in [0.05, 0.1) is 16.0 Å². The van der Waals surface area contributed by atoms with Gasteiger partial charge in [-0.3, -0.25) is 0 Å². The van der Waals surface area contributed by atoms with Crippen molar-refractivity contribution >= 4 is 34.3 Å². The molecule has 3 aromatic carbocycles. The zero-order chi connectivity index (χ0) is 16.5. The first-order valence-electron chi connectivity index (χ1n) is 8.22. The quantitative estimate of drug-likeness (QED) is 0.555. The fraction of sp³-hybridized carbons (Fsp3) is 0.136. The molecular weight excluding hydrogens is 310 g/mol. The number of hydrogen-bond donors (Lipinski definition) is 0. The van der Waals surface area contributed by atoms with E-state index in [9.17, 15) is 0 Å². The zero-order valence-corrected chi connectivity index (χ0v) is 14.7. The molecule has 3 aromatic rings. The van der Waals surface area contributed by atoms with Gasteiger partial charge in [0.2, 0.25) is 0 Å². The number of rotatable bonds is 2. The van der Waals surface area contributed by atoms with Crippen molar-refractivity contribution in [3.05, 3.63) is 88.4 Å². The first-order valence-corrected chi connectivity index (χ1v) is 9.10. The van der Waals surface area contributed by atoms with Gasteiger partial charge in [-0.1, -0.05) is 72.4 Å². The average Bonchev–Trinajstić information content (AvgIpc) is 2.95. The van der Waals surface area contributed by atoms with Crippen LogP contribution < -0.4 is 0 Å². The molecule has 0 saturated carbocycles. The summed E-state index contributed by atoms with van der Waals surface area (Å²) in [6, 6.07) is 23.5. The lowest BCUT2D eigenvalue weighted by Gasteiger charge is -2.11. The van der Waals surface area contributed by atoms with Gasteiger partial charge < -0.3 is 0 Å². The second-order valence-electron chi connectivity index (χ2n) is 6.16. The van der Waals surface area contributed by atoms with Crippen LogP contribution >= 0.6 is 11.8 Å². The molecule has 1 atom stereocenters. The Labute approximate surface area is 147 Å². The van der Waals surface area contributed by atoms with Crippen molar-refractivity contribution < 1.29 is 0 Å². The van der Waals surface area contributed by atoms with Crippen molar-refractivity contribution in [2.45, 2.75) is 19.1 Å². The molecule has 1 heterocycles. The summed E-state index contributed by atoms with van der Waals surface area (Å²) < 4.78 is 0. The molecule has 1 aliphatic heterocycles. The van der Waals surface area contributed by atoms with Crippen molar-refractivity contribution in [2.75, 3.05) is 0 Å². The van der Waals surface area contributed by atoms with Crippen LogP contribution in [0.15, 0.2) is 76.8 Å². The minimum Gasteiger partial charge on any atom is -0.245 e. The fourth-order valence-corrected chi connectivity index (χ4v) is 4.15. The Balaban J connectivity index is 1.77. The van der Waals surface area contributed by atoms with E-state index in [0.29, 0.717) is 5.25 Å². The summed E-state index contributed by atoms with van der Waals surface area (Å²) in [5, 5.41) is 4.03. The fourth-order valence-electron chi connectivity index (χ4n) is 3.14. The first kappa shape index (κ1) is 15.2. The second kappa shape index (κ2) is 6.29. The lowest BCUT2D eigenvalue weighted by molar-refractivity contribution is 1.30. The van der Waals surface area contributed by atoms with Crippen LogP contribution in [0.5, 0.6) is 0 Å². The van der Waals surface area contributed by atoms with E-state index in [-0.39, 0.29) is 0 Å². The molecule has 0 aliphatic carbocycles. The summed E-state index contributed by atoms with van der Waals surface area (Å²) in [7, 11) is 0. The molecule has 1 nitrogen and oxygen atoms in total. The minimum absolute atomic E-state index is 0.375. The number of nitrogens with zero attached hydrogens (tertiary/aromatic N) is 1. The predicted molar refractivity (Wildman–Crippen MR) is 107 cm³/mol. The number of aliphatic imine (C=N–C) groups is 1. The van der Waals surface area contributed by atoms with Gasteiger partial charge >= 0.3 is 0 Å². The van der Waals surface area contributed by atoms with E-state index in [1.165, 1.54) is 33.2 Å². The van der Waals surface area contributed by atoms with E-state index in [1.54, 1.807) is 0 Å². The summed E-state index contributed by atoms with van der Waals surface area (Å²) in [4.78, 5) is 4.94. The number of hydrogen-bond acceptors (Lipinski definition) is 2. The highest BCUT2D eigenvalue weighted by atomic mass is 32.2. The Morgan fingerprint density at radius 2 is 1.58 bits per heavy atom. The Kier molecular flexibility index (Phi) is 3.99. The number of aryl methyl sites for hydroxylation is 1. The zero-order valence-electron chi connectivity index (χ0n) is 13.9. The highest BCUT2D eigenvalue weighted by molar-refractivity contribution is 8.04. The first-order chi connectivity index (χ1) is 11.7. The standard InChI is InChI=1S/C22H19NS/c1-15-12-18-10-6-7-11-19(18)14-20(15)22-16(2)24-21(23-22)13-17-8-4-3-5-9-17/h3-14,16H,1-2H3. The van der Waals surface area contributed by atoms with Crippen molar-refractivity contribution in [3.63, 3.8) is 0 Å². The Bertz CT molecular complexity index is 954. The summed E-state index contributed by atoms with van der Waals surface area (Å²) in [5.41, 5.74) is 4.95. The van der Waals surface area contributed by atoms with Gasteiger partial charge in [0, 0.05) is 5.56 Å². The summed E-state index contributed by atoms with van der Waals surface area (Å²) in [5.74, 6) is 0. The van der Waals surface area contributed by atoms with E-state index in [2.05, 4.69) is 80.6 Å². The lowest BCUT2D eigenvalue weighted by atomic mass is 9.97. The molecule has 0 spiro atoms. The molecule has 1 unspecified atom stereocenters. The highest BCUT2D eigenvalue weighted by Gasteiger charge is 2.24. The van der Waals surface area contributed by atoms with Crippen LogP contribution in [0.4, 0.5) is 0 Å². The van der Waals surface area contributed by atoms with Gasteiger partial charge in [0.1, 0.15) is 0 Å². The van der Waals surface area contributed by atoms with Crippen molar-refractivity contribution in [2.24, 2.45) is 4.99 Å². The molecule has 1 aliphatic rings. The van der Waals surface area contributed by atoms with E-state index in [1.807, 2.05) is 17.8 Å². The van der Waals surface area contributed by atoms with E-state index in [0.717, 1.165) is 5.03 Å². The van der Waals surface area contributed by atoms with Crippen molar-refractivity contribution in [1.29, 1.82) is 0 Å². The topological polar surface area (TPSA) is 12.4 Å². The van der Waals surface area contributed by atoms with E-state index >= 15 is 0 Å². The van der Waals surface area contributed by atoms with Crippen LogP contribution in [0.25, 0.3) is 16.8 Å². The van der Waals surface area contributed by atoms with E-state index in [4.69, 9.17) is 4.99 Å². The predicted octanol–water partition coefficient (Wildman–Crippen LogP) is 6.07. The molecule has 118 valence electrons. The molecular formula is C22H19NS. The minimum atomic E-state index is 0.375. The summed E-state index contributed by atoms with van der Waals surface area (Å²) in [6.45, 7) is 4.42. The van der Waals surface area contributed by atoms with Gasteiger partial charge in [0.15, 0.2) is 0 Å². The maximum absolute atomic E-state index is 4.94. The molecule has 0 amide bonds. The van der Waals surface area contributed by atoms with Crippen LogP contribution in [0.1, 0.15) is 23.6 Å². The third kappa shape index (κ3) is 2.90. The molecule has 0 radical (unpaired) electrons. The monoisotopic (exact) mass is 329 g/mol. The average molecular weight is 329 g/mol. The Hall–Kier alpha value is -2.32. The van der Waals surface area contributed by atoms with Crippen molar-refractivity contribution in [1.82, 2.24) is 0 Å². The van der Waals surface area contributed by atoms with Crippen LogP contribution in [0.3, 0.4) is 0 Å². The second-order valence-corrected chi connectivity index (χ2v) is 7.53. The van der Waals surface area contributed by atoms with Crippen LogP contribution in [-0.2, 0) is 0 Å². The largest absolute Gasteiger partial charge is 0.245 e. The number of thioether (sulfide) groups is 1. The van der Waals surface area contributed by atoms with Gasteiger partial charge in [-0.25, -0.2) is 4.99 Å². The highest BCUT2D eigenvalue weighted by Crippen LogP contribution is 2.36. The smallest absolute Gasteiger partial charge is 0.0976 e. The molecule has 24 heavy (non-hydrogen) atoms. The molecule has 0 bridgehead atoms. The van der Waals surface area contributed by atoms with Crippen LogP contribution in [0.2, 0.25) is 0 Å². The summed E-state index contributed by atoms with van der Waals surface area (Å²) in [6.07, 6.45) is 2.17. The molecule has 2 heteroatoms. The van der Waals surface area contributed by atoms with Gasteiger partial charge in [0.25, 0.3) is 0 Å². The third-order valence-corrected chi connectivity index (χ3v) is 5.40. The molecule has 0 saturated heterocycles. The maximum atomic E-state index is 4.94. The maximum Gasteiger partial charge on any atom is 0.0976 e. The molecule has 0 fully saturated rings. The number of benzene rings is 3. The lowest BCUT2D eigenvalue weighted by Crippen LogP contribution is -2.11. The van der Waals surface area contributed by atoms with Crippen LogP contribution in [-0.4, -0.2) is 11.0 Å². The van der Waals surface area contributed by atoms with E-state index < -0.39 is 0 Å².